The van der Waals surface area contributed by atoms with Crippen molar-refractivity contribution in [3.63, 3.8) is 0 Å². The van der Waals surface area contributed by atoms with E-state index in [1.165, 1.54) is 36.8 Å². The van der Waals surface area contributed by atoms with Gasteiger partial charge >= 0.3 is 0 Å². The van der Waals surface area contributed by atoms with E-state index in [4.69, 9.17) is 4.74 Å². The topological polar surface area (TPSA) is 65.0 Å². The number of nitrogens with zero attached hydrogens (tertiary/aromatic N) is 4. The van der Waals surface area contributed by atoms with Crippen LogP contribution >= 0.6 is 0 Å². The molecule has 1 aromatic heterocycles. The molecule has 1 unspecified atom stereocenters. The fourth-order valence-electron chi connectivity index (χ4n) is 4.65. The number of pyridine rings is 1. The Hall–Kier alpha value is -2.80. The van der Waals surface area contributed by atoms with E-state index in [1.54, 1.807) is 7.11 Å². The molecule has 4 rings (SSSR count). The highest BCUT2D eigenvalue weighted by Gasteiger charge is 2.24. The van der Waals surface area contributed by atoms with E-state index >= 15 is 0 Å². The summed E-state index contributed by atoms with van der Waals surface area (Å²) in [5.41, 5.74) is 2.49. The normalized spacial score (nSPS) is 18.1. The van der Waals surface area contributed by atoms with Crippen molar-refractivity contribution in [1.82, 2.24) is 20.5 Å². The minimum atomic E-state index is 0.286. The molecule has 172 valence electrons. The molecule has 0 radical (unpaired) electrons. The van der Waals surface area contributed by atoms with Gasteiger partial charge in [0.2, 0.25) is 0 Å². The number of rotatable bonds is 8. The third-order valence-electron chi connectivity index (χ3n) is 6.45. The van der Waals surface area contributed by atoms with Crippen molar-refractivity contribution in [1.29, 1.82) is 0 Å². The van der Waals surface area contributed by atoms with E-state index < -0.39 is 0 Å². The Balaban J connectivity index is 1.37. The number of ether oxygens (including phenoxy) is 1. The number of guanidine groups is 1. The standard InChI is InChI=1S/C25H36N6O/c1-26-25(28-18-20-10-11-27-24(16-20)31-14-5-6-15-31)29-19-23(30-12-3-4-13-30)21-8-7-9-22(17-21)32-2/h7-11,16-17,23H,3-6,12-15,18-19H2,1-2H3,(H2,26,28,29). The minimum Gasteiger partial charge on any atom is -0.497 e. The van der Waals surface area contributed by atoms with Crippen molar-refractivity contribution in [3.8, 4) is 5.75 Å². The maximum absolute atomic E-state index is 5.46. The zero-order valence-electron chi connectivity index (χ0n) is 19.4. The highest BCUT2D eigenvalue weighted by atomic mass is 16.5. The lowest BCUT2D eigenvalue weighted by atomic mass is 10.1. The number of hydrogen-bond acceptors (Lipinski definition) is 5. The number of hydrogen-bond donors (Lipinski definition) is 2. The number of benzene rings is 1. The van der Waals surface area contributed by atoms with Gasteiger partial charge in [0.15, 0.2) is 5.96 Å². The average molecular weight is 437 g/mol. The SMILES string of the molecule is CN=C(NCc1ccnc(N2CCCC2)c1)NCC(c1cccc(OC)c1)N1CCCC1. The smallest absolute Gasteiger partial charge is 0.191 e. The van der Waals surface area contributed by atoms with Crippen molar-refractivity contribution in [3.05, 3.63) is 53.7 Å². The molecule has 2 N–H and O–H groups in total. The molecule has 0 bridgehead atoms. The van der Waals surface area contributed by atoms with Crippen molar-refractivity contribution in [2.75, 3.05) is 51.8 Å². The Morgan fingerprint density at radius 1 is 1.06 bits per heavy atom. The molecule has 32 heavy (non-hydrogen) atoms. The lowest BCUT2D eigenvalue weighted by molar-refractivity contribution is 0.245. The molecule has 7 heteroatoms. The summed E-state index contributed by atoms with van der Waals surface area (Å²) < 4.78 is 5.46. The van der Waals surface area contributed by atoms with Crippen LogP contribution in [0.25, 0.3) is 0 Å². The third kappa shape index (κ3) is 5.71. The van der Waals surface area contributed by atoms with Gasteiger partial charge in [-0.25, -0.2) is 4.98 Å². The van der Waals surface area contributed by atoms with Crippen LogP contribution in [0.3, 0.4) is 0 Å². The summed E-state index contributed by atoms with van der Waals surface area (Å²) in [6, 6.07) is 13.0. The molecule has 0 aliphatic carbocycles. The zero-order valence-corrected chi connectivity index (χ0v) is 19.4. The number of anilines is 1. The maximum atomic E-state index is 5.46. The van der Waals surface area contributed by atoms with Crippen molar-refractivity contribution in [2.45, 2.75) is 38.3 Å². The van der Waals surface area contributed by atoms with Gasteiger partial charge in [0.1, 0.15) is 11.6 Å². The molecule has 1 atom stereocenters. The van der Waals surface area contributed by atoms with Crippen LogP contribution in [0, 0.1) is 0 Å². The van der Waals surface area contributed by atoms with E-state index in [2.05, 4.69) is 60.7 Å². The second-order valence-electron chi connectivity index (χ2n) is 8.56. The predicted octanol–water partition coefficient (Wildman–Crippen LogP) is 3.19. The van der Waals surface area contributed by atoms with Crippen molar-refractivity contribution >= 4 is 11.8 Å². The molecule has 0 saturated carbocycles. The van der Waals surface area contributed by atoms with E-state index in [0.29, 0.717) is 0 Å². The zero-order chi connectivity index (χ0) is 22.2. The molecule has 7 nitrogen and oxygen atoms in total. The van der Waals surface area contributed by atoms with Gasteiger partial charge in [-0.15, -0.1) is 0 Å². The van der Waals surface area contributed by atoms with Crippen LogP contribution in [-0.2, 0) is 6.54 Å². The van der Waals surface area contributed by atoms with Gasteiger partial charge in [0, 0.05) is 39.4 Å². The van der Waals surface area contributed by atoms with Gasteiger partial charge < -0.3 is 20.3 Å². The number of nitrogens with one attached hydrogen (secondary N) is 2. The Morgan fingerprint density at radius 3 is 2.59 bits per heavy atom. The Kier molecular flexibility index (Phi) is 7.82. The molecule has 2 fully saturated rings. The summed E-state index contributed by atoms with van der Waals surface area (Å²) in [6.07, 6.45) is 6.94. The summed E-state index contributed by atoms with van der Waals surface area (Å²) >= 11 is 0. The van der Waals surface area contributed by atoms with Gasteiger partial charge in [-0.1, -0.05) is 12.1 Å². The first-order chi connectivity index (χ1) is 15.8. The molecule has 0 spiro atoms. The van der Waals surface area contributed by atoms with Gasteiger partial charge in [-0.3, -0.25) is 9.89 Å². The van der Waals surface area contributed by atoms with E-state index in [-0.39, 0.29) is 6.04 Å². The fourth-order valence-corrected chi connectivity index (χ4v) is 4.65. The van der Waals surface area contributed by atoms with Gasteiger partial charge in [-0.2, -0.15) is 0 Å². The summed E-state index contributed by atoms with van der Waals surface area (Å²) in [5, 5.41) is 7.03. The molecule has 2 aliphatic heterocycles. The highest BCUT2D eigenvalue weighted by molar-refractivity contribution is 5.79. The van der Waals surface area contributed by atoms with Gasteiger partial charge in [-0.05, 0) is 74.2 Å². The van der Waals surface area contributed by atoms with Crippen LogP contribution in [0.4, 0.5) is 5.82 Å². The Morgan fingerprint density at radius 2 is 1.84 bits per heavy atom. The van der Waals surface area contributed by atoms with Crippen molar-refractivity contribution < 1.29 is 4.74 Å². The van der Waals surface area contributed by atoms with Gasteiger partial charge in [0.25, 0.3) is 0 Å². The third-order valence-corrected chi connectivity index (χ3v) is 6.45. The second-order valence-corrected chi connectivity index (χ2v) is 8.56. The number of aromatic nitrogens is 1. The summed E-state index contributed by atoms with van der Waals surface area (Å²) in [7, 11) is 3.55. The Bertz CT molecular complexity index is 890. The van der Waals surface area contributed by atoms with E-state index in [1.807, 2.05) is 19.3 Å². The summed E-state index contributed by atoms with van der Waals surface area (Å²) in [5.74, 6) is 2.80. The quantitative estimate of drug-likeness (QED) is 0.489. The number of methoxy groups -OCH3 is 1. The van der Waals surface area contributed by atoms with Crippen LogP contribution in [0.1, 0.15) is 42.9 Å². The monoisotopic (exact) mass is 436 g/mol. The van der Waals surface area contributed by atoms with Crippen LogP contribution in [0.2, 0.25) is 0 Å². The second kappa shape index (κ2) is 11.2. The summed E-state index contributed by atoms with van der Waals surface area (Å²) in [4.78, 5) is 13.9. The fraction of sp³-hybridized carbons (Fsp3) is 0.520. The molecule has 2 saturated heterocycles. The molecular weight excluding hydrogens is 400 g/mol. The highest BCUT2D eigenvalue weighted by Crippen LogP contribution is 2.27. The first-order valence-corrected chi connectivity index (χ1v) is 11.8. The lowest BCUT2D eigenvalue weighted by Crippen LogP contribution is -2.42. The van der Waals surface area contributed by atoms with Crippen LogP contribution in [0.5, 0.6) is 5.75 Å². The average Bonchev–Trinajstić information content (AvgIpc) is 3.56. The number of aliphatic imine (C=N–C) groups is 1. The van der Waals surface area contributed by atoms with Gasteiger partial charge in [0.05, 0.1) is 13.2 Å². The van der Waals surface area contributed by atoms with Crippen LogP contribution in [0.15, 0.2) is 47.6 Å². The van der Waals surface area contributed by atoms with E-state index in [0.717, 1.165) is 56.8 Å². The molecule has 2 aliphatic rings. The van der Waals surface area contributed by atoms with Crippen LogP contribution in [-0.4, -0.2) is 62.7 Å². The first-order valence-electron chi connectivity index (χ1n) is 11.8. The largest absolute Gasteiger partial charge is 0.497 e. The van der Waals surface area contributed by atoms with Crippen molar-refractivity contribution in [2.24, 2.45) is 4.99 Å². The minimum absolute atomic E-state index is 0.286. The molecule has 2 aromatic rings. The lowest BCUT2D eigenvalue weighted by Gasteiger charge is -2.29. The predicted molar refractivity (Wildman–Crippen MR) is 130 cm³/mol. The number of likely N-dealkylation sites (tertiary alicyclic amines) is 1. The van der Waals surface area contributed by atoms with Crippen LogP contribution < -0.4 is 20.3 Å². The molecule has 0 amide bonds. The first kappa shape index (κ1) is 22.4. The Labute approximate surface area is 191 Å². The summed E-state index contributed by atoms with van der Waals surface area (Å²) in [6.45, 7) is 5.99. The molecule has 1 aromatic carbocycles. The van der Waals surface area contributed by atoms with E-state index in [9.17, 15) is 0 Å². The molecule has 3 heterocycles. The maximum Gasteiger partial charge on any atom is 0.191 e. The molecular formula is C25H36N6O.